The summed E-state index contributed by atoms with van der Waals surface area (Å²) in [6, 6.07) is 10.3. The molecule has 0 aromatic heterocycles. The number of hydrogen-bond acceptors (Lipinski definition) is 1. The van der Waals surface area contributed by atoms with E-state index in [1.807, 2.05) is 24.5 Å². The molecule has 0 aliphatic heterocycles. The van der Waals surface area contributed by atoms with Crippen LogP contribution >= 0.6 is 0 Å². The molecule has 0 radical (unpaired) electrons. The van der Waals surface area contributed by atoms with E-state index in [1.165, 1.54) is 43.2 Å². The Kier molecular flexibility index (Phi) is 3.84. The summed E-state index contributed by atoms with van der Waals surface area (Å²) in [5.74, 6) is 0. The second-order valence-corrected chi connectivity index (χ2v) is 4.13. The molecule has 1 aliphatic rings. The van der Waals surface area contributed by atoms with Gasteiger partial charge in [-0.2, -0.15) is 0 Å². The van der Waals surface area contributed by atoms with Gasteiger partial charge in [0.2, 0.25) is 0 Å². The Morgan fingerprint density at radius 3 is 2.47 bits per heavy atom. The largest absolute Gasteiger partial charge is 0.497 e. The Bertz CT molecular complexity index is 305. The quantitative estimate of drug-likeness (QED) is 0.672. The van der Waals surface area contributed by atoms with Gasteiger partial charge in [-0.05, 0) is 36.8 Å². The van der Waals surface area contributed by atoms with Crippen LogP contribution in [0.5, 0.6) is 0 Å². The third kappa shape index (κ3) is 3.43. The molecule has 1 saturated carbocycles. The van der Waals surface area contributed by atoms with Crippen LogP contribution in [0.15, 0.2) is 42.2 Å². The molecule has 1 aliphatic carbocycles. The fourth-order valence-electron chi connectivity index (χ4n) is 1.95. The number of benzene rings is 1. The van der Waals surface area contributed by atoms with Crippen LogP contribution in [-0.4, -0.2) is 0 Å². The molecule has 15 heavy (non-hydrogen) atoms. The minimum absolute atomic E-state index is 0.699. The van der Waals surface area contributed by atoms with Crippen LogP contribution in [0.4, 0.5) is 0 Å². The summed E-state index contributed by atoms with van der Waals surface area (Å²) in [6.07, 6.45) is 8.49. The lowest BCUT2D eigenvalue weighted by Gasteiger charge is -2.13. The van der Waals surface area contributed by atoms with Gasteiger partial charge in [-0.3, -0.25) is 0 Å². The lowest BCUT2D eigenvalue weighted by molar-refractivity contribution is 0.230. The van der Waals surface area contributed by atoms with Crippen molar-refractivity contribution >= 4 is 0 Å². The average molecular weight is 202 g/mol. The smallest absolute Gasteiger partial charge is 0.112 e. The van der Waals surface area contributed by atoms with Gasteiger partial charge in [-0.1, -0.05) is 36.8 Å². The van der Waals surface area contributed by atoms with Gasteiger partial charge in [0, 0.05) is 0 Å². The van der Waals surface area contributed by atoms with Crippen LogP contribution in [0.25, 0.3) is 0 Å². The Morgan fingerprint density at radius 2 is 1.73 bits per heavy atom. The molecule has 1 fully saturated rings. The van der Waals surface area contributed by atoms with Crippen LogP contribution in [-0.2, 0) is 11.3 Å². The van der Waals surface area contributed by atoms with Crippen LogP contribution < -0.4 is 0 Å². The molecular formula is C14H18O. The SMILES string of the molecule is C(OCc1ccccc1)=C1CCCCC1. The van der Waals surface area contributed by atoms with Gasteiger partial charge >= 0.3 is 0 Å². The van der Waals surface area contributed by atoms with E-state index in [9.17, 15) is 0 Å². The Labute approximate surface area is 91.8 Å². The van der Waals surface area contributed by atoms with Gasteiger partial charge in [0.25, 0.3) is 0 Å². The third-order valence-electron chi connectivity index (χ3n) is 2.84. The molecule has 0 spiro atoms. The second kappa shape index (κ2) is 5.59. The monoisotopic (exact) mass is 202 g/mol. The van der Waals surface area contributed by atoms with Crippen LogP contribution in [0, 0.1) is 0 Å². The summed E-state index contributed by atoms with van der Waals surface area (Å²) in [7, 11) is 0. The second-order valence-electron chi connectivity index (χ2n) is 4.13. The minimum Gasteiger partial charge on any atom is -0.497 e. The van der Waals surface area contributed by atoms with E-state index in [0.717, 1.165) is 0 Å². The third-order valence-corrected chi connectivity index (χ3v) is 2.84. The molecule has 1 aromatic carbocycles. The molecule has 80 valence electrons. The van der Waals surface area contributed by atoms with Crippen molar-refractivity contribution in [3.8, 4) is 0 Å². The highest BCUT2D eigenvalue weighted by Crippen LogP contribution is 2.22. The molecule has 0 saturated heterocycles. The van der Waals surface area contributed by atoms with Crippen molar-refractivity contribution in [2.24, 2.45) is 0 Å². The minimum atomic E-state index is 0.699. The number of rotatable bonds is 3. The maximum atomic E-state index is 5.60. The zero-order valence-electron chi connectivity index (χ0n) is 9.11. The number of allylic oxidation sites excluding steroid dienone is 1. The first kappa shape index (κ1) is 10.3. The van der Waals surface area contributed by atoms with E-state index >= 15 is 0 Å². The van der Waals surface area contributed by atoms with Crippen molar-refractivity contribution in [3.63, 3.8) is 0 Å². The topological polar surface area (TPSA) is 9.23 Å². The van der Waals surface area contributed by atoms with Crippen LogP contribution in [0.1, 0.15) is 37.7 Å². The van der Waals surface area contributed by atoms with Crippen LogP contribution in [0.2, 0.25) is 0 Å². The summed E-state index contributed by atoms with van der Waals surface area (Å²) < 4.78 is 5.60. The molecule has 2 rings (SSSR count). The van der Waals surface area contributed by atoms with Crippen molar-refractivity contribution in [2.45, 2.75) is 38.7 Å². The predicted octanol–water partition coefficient (Wildman–Crippen LogP) is 4.05. The first-order valence-electron chi connectivity index (χ1n) is 5.78. The Morgan fingerprint density at radius 1 is 1.00 bits per heavy atom. The number of hydrogen-bond donors (Lipinski definition) is 0. The first-order chi connectivity index (χ1) is 7.45. The molecule has 1 aromatic rings. The van der Waals surface area contributed by atoms with Crippen molar-refractivity contribution < 1.29 is 4.74 Å². The first-order valence-corrected chi connectivity index (χ1v) is 5.78. The van der Waals surface area contributed by atoms with Gasteiger partial charge in [-0.15, -0.1) is 0 Å². The molecule has 0 amide bonds. The lowest BCUT2D eigenvalue weighted by Crippen LogP contribution is -1.95. The molecular weight excluding hydrogens is 184 g/mol. The summed E-state index contributed by atoms with van der Waals surface area (Å²) in [4.78, 5) is 0. The van der Waals surface area contributed by atoms with E-state index in [2.05, 4.69) is 12.1 Å². The fourth-order valence-corrected chi connectivity index (χ4v) is 1.95. The van der Waals surface area contributed by atoms with Crippen LogP contribution in [0.3, 0.4) is 0 Å². The Balaban J connectivity index is 1.78. The highest BCUT2D eigenvalue weighted by molar-refractivity contribution is 5.13. The maximum Gasteiger partial charge on any atom is 0.112 e. The summed E-state index contributed by atoms with van der Waals surface area (Å²) in [5, 5.41) is 0. The zero-order chi connectivity index (χ0) is 10.3. The van der Waals surface area contributed by atoms with Gasteiger partial charge < -0.3 is 4.74 Å². The highest BCUT2D eigenvalue weighted by Gasteiger charge is 2.04. The predicted molar refractivity (Wildman–Crippen MR) is 62.4 cm³/mol. The van der Waals surface area contributed by atoms with E-state index in [-0.39, 0.29) is 0 Å². The van der Waals surface area contributed by atoms with Crippen molar-refractivity contribution in [3.05, 3.63) is 47.7 Å². The van der Waals surface area contributed by atoms with Gasteiger partial charge in [0.05, 0.1) is 6.26 Å². The molecule has 0 bridgehead atoms. The average Bonchev–Trinajstić information content (AvgIpc) is 2.32. The summed E-state index contributed by atoms with van der Waals surface area (Å²) in [5.41, 5.74) is 2.72. The standard InChI is InChI=1S/C14H18O/c1-3-7-13(8-4-1)11-15-12-14-9-5-2-6-10-14/h1,3-4,7-8,12H,2,5-6,9-11H2. The lowest BCUT2D eigenvalue weighted by atomic mass is 9.96. The zero-order valence-corrected chi connectivity index (χ0v) is 9.11. The summed E-state index contributed by atoms with van der Waals surface area (Å²) in [6.45, 7) is 0.699. The molecule has 0 N–H and O–H groups in total. The van der Waals surface area contributed by atoms with E-state index in [4.69, 9.17) is 4.74 Å². The van der Waals surface area contributed by atoms with Gasteiger partial charge in [-0.25, -0.2) is 0 Å². The number of ether oxygens (including phenoxy) is 1. The van der Waals surface area contributed by atoms with Crippen molar-refractivity contribution in [1.29, 1.82) is 0 Å². The molecule has 1 nitrogen and oxygen atoms in total. The molecule has 0 unspecified atom stereocenters. The van der Waals surface area contributed by atoms with Crippen molar-refractivity contribution in [1.82, 2.24) is 0 Å². The Hall–Kier alpha value is -1.24. The van der Waals surface area contributed by atoms with E-state index in [1.54, 1.807) is 0 Å². The van der Waals surface area contributed by atoms with Gasteiger partial charge in [0.1, 0.15) is 6.61 Å². The van der Waals surface area contributed by atoms with E-state index in [0.29, 0.717) is 6.61 Å². The van der Waals surface area contributed by atoms with Gasteiger partial charge in [0.15, 0.2) is 0 Å². The highest BCUT2D eigenvalue weighted by atomic mass is 16.5. The summed E-state index contributed by atoms with van der Waals surface area (Å²) >= 11 is 0. The molecule has 1 heteroatoms. The normalized spacial score (nSPS) is 16.1. The van der Waals surface area contributed by atoms with E-state index < -0.39 is 0 Å². The fraction of sp³-hybridized carbons (Fsp3) is 0.429. The maximum absolute atomic E-state index is 5.60. The van der Waals surface area contributed by atoms with Crippen molar-refractivity contribution in [2.75, 3.05) is 0 Å². The molecule has 0 atom stereocenters. The molecule has 0 heterocycles.